The number of hydrogen-bond acceptors (Lipinski definition) is 7. The lowest BCUT2D eigenvalue weighted by atomic mass is 10.2. The summed E-state index contributed by atoms with van der Waals surface area (Å²) in [6.07, 6.45) is 0. The molecular formula is C18H25N7O2. The Morgan fingerprint density at radius 3 is 2.22 bits per heavy atom. The highest BCUT2D eigenvalue weighted by Crippen LogP contribution is 2.24. The maximum Gasteiger partial charge on any atom is 0.323 e. The van der Waals surface area contributed by atoms with Gasteiger partial charge in [-0.3, -0.25) is 5.32 Å². The molecule has 27 heavy (non-hydrogen) atoms. The third-order valence-corrected chi connectivity index (χ3v) is 4.59. The van der Waals surface area contributed by atoms with Crippen molar-refractivity contribution >= 4 is 28.9 Å². The Balaban J connectivity index is 1.64. The summed E-state index contributed by atoms with van der Waals surface area (Å²) in [4.78, 5) is 25.2. The van der Waals surface area contributed by atoms with Gasteiger partial charge in [0.25, 0.3) is 5.88 Å². The average molecular weight is 371 g/mol. The number of aromatic nitrogens is 2. The van der Waals surface area contributed by atoms with E-state index in [-0.39, 0.29) is 6.03 Å². The first kappa shape index (κ1) is 18.6. The molecule has 1 aromatic heterocycles. The number of carbonyl (C=O) groups excluding carboxylic acids is 1. The first-order valence-electron chi connectivity index (χ1n) is 8.73. The zero-order valence-electron chi connectivity index (χ0n) is 15.8. The van der Waals surface area contributed by atoms with E-state index < -0.39 is 0 Å². The van der Waals surface area contributed by atoms with Crippen LogP contribution in [0.3, 0.4) is 0 Å². The minimum absolute atomic E-state index is 0.224. The highest BCUT2D eigenvalue weighted by Gasteiger charge is 2.23. The summed E-state index contributed by atoms with van der Waals surface area (Å²) >= 11 is 0. The molecule has 0 bridgehead atoms. The smallest absolute Gasteiger partial charge is 0.323 e. The predicted molar refractivity (Wildman–Crippen MR) is 106 cm³/mol. The van der Waals surface area contributed by atoms with Crippen molar-refractivity contribution in [1.29, 1.82) is 0 Å². The van der Waals surface area contributed by atoms with Crippen LogP contribution < -0.4 is 26.4 Å². The number of piperazine rings is 1. The number of methoxy groups -OCH3 is 1. The largest absolute Gasteiger partial charge is 0.478 e. The van der Waals surface area contributed by atoms with E-state index in [9.17, 15) is 4.79 Å². The number of carbonyl (C=O) groups is 1. The van der Waals surface area contributed by atoms with Crippen molar-refractivity contribution < 1.29 is 9.53 Å². The molecule has 0 saturated carbocycles. The summed E-state index contributed by atoms with van der Waals surface area (Å²) in [5, 5.41) is 2.80. The normalized spacial score (nSPS) is 14.2. The number of ether oxygens (including phenoxy) is 1. The molecule has 2 amide bonds. The fourth-order valence-electron chi connectivity index (χ4n) is 3.00. The van der Waals surface area contributed by atoms with E-state index in [0.717, 1.165) is 17.1 Å². The second-order valence-electron chi connectivity index (χ2n) is 6.51. The van der Waals surface area contributed by atoms with Crippen LogP contribution in [0, 0.1) is 13.8 Å². The molecule has 9 nitrogen and oxygen atoms in total. The Labute approximate surface area is 158 Å². The molecule has 0 radical (unpaired) electrons. The lowest BCUT2D eigenvalue weighted by molar-refractivity contribution is 0.208. The van der Waals surface area contributed by atoms with Crippen LogP contribution in [0.4, 0.5) is 27.7 Å². The van der Waals surface area contributed by atoms with Gasteiger partial charge in [0.1, 0.15) is 0 Å². The zero-order valence-corrected chi connectivity index (χ0v) is 15.8. The molecule has 2 heterocycles. The van der Waals surface area contributed by atoms with Gasteiger partial charge in [-0.05, 0) is 32.0 Å². The number of nitrogens with zero attached hydrogens (tertiary/aromatic N) is 4. The third kappa shape index (κ3) is 4.13. The molecule has 2 aromatic rings. The zero-order chi connectivity index (χ0) is 19.6. The molecule has 0 unspecified atom stereocenters. The van der Waals surface area contributed by atoms with Gasteiger partial charge in [0.15, 0.2) is 5.82 Å². The SMILES string of the molecule is COc1nc(C)c(C)nc1NC(=O)N1CCN(c2cc(N)cc(N)c2)CC1. The molecule has 0 aliphatic carbocycles. The number of urea groups is 1. The topological polar surface area (TPSA) is 123 Å². The fraction of sp³-hybridized carbons (Fsp3) is 0.389. The molecule has 3 rings (SSSR count). The van der Waals surface area contributed by atoms with Crippen LogP contribution in [0.25, 0.3) is 0 Å². The van der Waals surface area contributed by atoms with Crippen molar-refractivity contribution in [2.45, 2.75) is 13.8 Å². The maximum atomic E-state index is 12.6. The summed E-state index contributed by atoms with van der Waals surface area (Å²) in [7, 11) is 1.50. The number of anilines is 4. The minimum Gasteiger partial charge on any atom is -0.478 e. The van der Waals surface area contributed by atoms with Gasteiger partial charge in [0.05, 0.1) is 18.5 Å². The van der Waals surface area contributed by atoms with Gasteiger partial charge in [0, 0.05) is 43.2 Å². The summed E-state index contributed by atoms with van der Waals surface area (Å²) in [6, 6.07) is 5.28. The minimum atomic E-state index is -0.224. The molecule has 1 aliphatic rings. The molecule has 1 aromatic carbocycles. The standard InChI is InChI=1S/C18H25N7O2/c1-11-12(2)22-17(27-3)16(21-11)23-18(26)25-6-4-24(5-7-25)15-9-13(19)8-14(20)10-15/h8-10H,4-7,19-20H2,1-3H3,(H,21,23,26). The van der Waals surface area contributed by atoms with Gasteiger partial charge in [-0.15, -0.1) is 0 Å². The molecule has 5 N–H and O–H groups in total. The van der Waals surface area contributed by atoms with E-state index in [1.54, 1.807) is 11.0 Å². The molecule has 0 spiro atoms. The van der Waals surface area contributed by atoms with Crippen LogP contribution in [0.2, 0.25) is 0 Å². The van der Waals surface area contributed by atoms with Gasteiger partial charge in [0.2, 0.25) is 0 Å². The Hall–Kier alpha value is -3.23. The van der Waals surface area contributed by atoms with Gasteiger partial charge in [-0.1, -0.05) is 0 Å². The van der Waals surface area contributed by atoms with Crippen molar-refractivity contribution in [3.05, 3.63) is 29.6 Å². The number of rotatable bonds is 3. The summed E-state index contributed by atoms with van der Waals surface area (Å²) in [6.45, 7) is 6.20. The summed E-state index contributed by atoms with van der Waals surface area (Å²) in [5.74, 6) is 0.636. The highest BCUT2D eigenvalue weighted by atomic mass is 16.5. The number of nitrogen functional groups attached to an aromatic ring is 2. The summed E-state index contributed by atoms with van der Waals surface area (Å²) in [5.41, 5.74) is 15.5. The Bertz CT molecular complexity index is 828. The summed E-state index contributed by atoms with van der Waals surface area (Å²) < 4.78 is 5.23. The molecular weight excluding hydrogens is 346 g/mol. The second kappa shape index (κ2) is 7.56. The lowest BCUT2D eigenvalue weighted by Gasteiger charge is -2.36. The molecule has 144 valence electrons. The Morgan fingerprint density at radius 1 is 1.04 bits per heavy atom. The van der Waals surface area contributed by atoms with Crippen LogP contribution in [0.1, 0.15) is 11.4 Å². The lowest BCUT2D eigenvalue weighted by Crippen LogP contribution is -2.50. The fourth-order valence-corrected chi connectivity index (χ4v) is 3.00. The molecule has 1 saturated heterocycles. The van der Waals surface area contributed by atoms with E-state index in [4.69, 9.17) is 16.2 Å². The average Bonchev–Trinajstić information content (AvgIpc) is 2.63. The second-order valence-corrected chi connectivity index (χ2v) is 6.51. The van der Waals surface area contributed by atoms with Crippen molar-refractivity contribution in [2.75, 3.05) is 55.0 Å². The van der Waals surface area contributed by atoms with E-state index >= 15 is 0 Å². The first-order valence-corrected chi connectivity index (χ1v) is 8.73. The van der Waals surface area contributed by atoms with Gasteiger partial charge in [-0.2, -0.15) is 0 Å². The number of aryl methyl sites for hydroxylation is 2. The van der Waals surface area contributed by atoms with Gasteiger partial charge < -0.3 is 26.0 Å². The number of amides is 2. The maximum absolute atomic E-state index is 12.6. The predicted octanol–water partition coefficient (Wildman–Crippen LogP) is 1.62. The van der Waals surface area contributed by atoms with Gasteiger partial charge in [-0.25, -0.2) is 14.8 Å². The molecule has 1 aliphatic heterocycles. The Morgan fingerprint density at radius 2 is 1.63 bits per heavy atom. The van der Waals surface area contributed by atoms with E-state index in [2.05, 4.69) is 20.2 Å². The van der Waals surface area contributed by atoms with Crippen LogP contribution in [-0.4, -0.2) is 54.2 Å². The van der Waals surface area contributed by atoms with Crippen LogP contribution in [0.5, 0.6) is 5.88 Å². The number of hydrogen-bond donors (Lipinski definition) is 3. The van der Waals surface area contributed by atoms with Crippen molar-refractivity contribution in [2.24, 2.45) is 0 Å². The Kier molecular flexibility index (Phi) is 5.20. The molecule has 9 heteroatoms. The number of benzene rings is 1. The monoisotopic (exact) mass is 371 g/mol. The van der Waals surface area contributed by atoms with Crippen molar-refractivity contribution in [1.82, 2.24) is 14.9 Å². The molecule has 1 fully saturated rings. The number of nitrogens with one attached hydrogen (secondary N) is 1. The first-order chi connectivity index (χ1) is 12.9. The van der Waals surface area contributed by atoms with E-state index in [0.29, 0.717) is 49.3 Å². The molecule has 0 atom stereocenters. The number of nitrogens with two attached hydrogens (primary N) is 2. The highest BCUT2D eigenvalue weighted by molar-refractivity contribution is 5.89. The van der Waals surface area contributed by atoms with E-state index in [1.165, 1.54) is 7.11 Å². The third-order valence-electron chi connectivity index (χ3n) is 4.59. The van der Waals surface area contributed by atoms with Crippen LogP contribution >= 0.6 is 0 Å². The van der Waals surface area contributed by atoms with Crippen molar-refractivity contribution in [3.63, 3.8) is 0 Å². The van der Waals surface area contributed by atoms with E-state index in [1.807, 2.05) is 26.0 Å². The van der Waals surface area contributed by atoms with Crippen molar-refractivity contribution in [3.8, 4) is 5.88 Å². The quantitative estimate of drug-likeness (QED) is 0.701. The van der Waals surface area contributed by atoms with Crippen LogP contribution in [0.15, 0.2) is 18.2 Å². The van der Waals surface area contributed by atoms with Crippen LogP contribution in [-0.2, 0) is 0 Å². The van der Waals surface area contributed by atoms with Gasteiger partial charge >= 0.3 is 6.03 Å².